The van der Waals surface area contributed by atoms with Gasteiger partial charge in [0.2, 0.25) is 0 Å². The van der Waals surface area contributed by atoms with Crippen molar-refractivity contribution in [2.75, 3.05) is 26.4 Å². The Kier molecular flexibility index (Phi) is 66.6. The molecule has 0 N–H and O–H groups in total. The molecular weight excluding hydrogens is 1820 g/mol. The van der Waals surface area contributed by atoms with Crippen LogP contribution < -0.4 is 0 Å². The summed E-state index contributed by atoms with van der Waals surface area (Å²) < 4.78 is 60.3. The van der Waals surface area contributed by atoms with Crippen LogP contribution in [0.3, 0.4) is 0 Å². The molecule has 1 heterocycles. The zero-order chi connectivity index (χ0) is 104. The first-order valence-electron chi connectivity index (χ1n) is 68.6. The first-order chi connectivity index (χ1) is 72.2. The minimum Gasteiger partial charge on any atom is -0.381 e. The average molecular weight is 2080 g/mol. The number of hydrogen-bond acceptors (Lipinski definition) is 10. The summed E-state index contributed by atoms with van der Waals surface area (Å²) in [6, 6.07) is 0. The maximum absolute atomic E-state index is 6.56. The molecule has 0 spiro atoms. The summed E-state index contributed by atoms with van der Waals surface area (Å²) >= 11 is 0. The molecule has 19 aliphatic rings. The summed E-state index contributed by atoms with van der Waals surface area (Å²) in [5, 5.41) is 0. The molecule has 0 aromatic rings. The lowest BCUT2D eigenvalue weighted by atomic mass is 9.70. The van der Waals surface area contributed by atoms with E-state index in [0.29, 0.717) is 97.7 Å². The highest BCUT2D eigenvalue weighted by atomic mass is 16.5. The third kappa shape index (κ3) is 55.8. The highest BCUT2D eigenvalue weighted by Gasteiger charge is 2.55. The summed E-state index contributed by atoms with van der Waals surface area (Å²) in [4.78, 5) is 0. The Bertz CT molecular complexity index is 2930. The Balaban J connectivity index is 0.000000159. The molecule has 10 nitrogen and oxygen atoms in total. The Labute approximate surface area is 921 Å². The second-order valence-corrected chi connectivity index (χ2v) is 55.9. The van der Waals surface area contributed by atoms with Gasteiger partial charge in [-0.15, -0.1) is 0 Å². The van der Waals surface area contributed by atoms with Gasteiger partial charge in [-0.1, -0.05) is 411 Å². The van der Waals surface area contributed by atoms with Crippen LogP contribution in [0.15, 0.2) is 0 Å². The third-order valence-corrected chi connectivity index (χ3v) is 41.3. The fourth-order valence-electron chi connectivity index (χ4n) is 33.4. The van der Waals surface area contributed by atoms with Gasteiger partial charge in [0.05, 0.1) is 97.7 Å². The molecule has 148 heavy (non-hydrogen) atoms. The molecular formula is C138H256O10. The monoisotopic (exact) mass is 2070 g/mol. The van der Waals surface area contributed by atoms with Crippen LogP contribution in [-0.2, 0) is 47.4 Å². The Morgan fingerprint density at radius 3 is 0.764 bits per heavy atom. The maximum atomic E-state index is 6.56. The molecule has 10 heteroatoms. The second kappa shape index (κ2) is 77.2. The molecule has 17 atom stereocenters. The summed E-state index contributed by atoms with van der Waals surface area (Å²) in [6.07, 6.45) is 133. The van der Waals surface area contributed by atoms with Crippen molar-refractivity contribution in [2.24, 2.45) is 101 Å². The van der Waals surface area contributed by atoms with E-state index in [9.17, 15) is 0 Å². The van der Waals surface area contributed by atoms with Crippen molar-refractivity contribution >= 4 is 0 Å². The smallest absolute Gasteiger partial charge is 0.0622 e. The van der Waals surface area contributed by atoms with Crippen molar-refractivity contribution in [3.63, 3.8) is 0 Å². The van der Waals surface area contributed by atoms with E-state index in [1.54, 1.807) is 0 Å². The molecule has 868 valence electrons. The van der Waals surface area contributed by atoms with Crippen molar-refractivity contribution in [3.8, 4) is 0 Å². The molecule has 0 aromatic heterocycles. The van der Waals surface area contributed by atoms with Crippen molar-refractivity contribution < 1.29 is 47.4 Å². The summed E-state index contributed by atoms with van der Waals surface area (Å²) in [7, 11) is 0. The van der Waals surface area contributed by atoms with Crippen LogP contribution in [0, 0.1) is 101 Å². The van der Waals surface area contributed by atoms with Crippen molar-refractivity contribution in [1.82, 2.24) is 0 Å². The highest BCUT2D eigenvalue weighted by Crippen LogP contribution is 2.60. The van der Waals surface area contributed by atoms with Crippen LogP contribution >= 0.6 is 0 Å². The molecule has 18 saturated carbocycles. The minimum atomic E-state index is 0.385. The van der Waals surface area contributed by atoms with E-state index in [1.807, 2.05) is 0 Å². The van der Waals surface area contributed by atoms with Gasteiger partial charge in [0, 0.05) is 26.4 Å². The lowest BCUT2D eigenvalue weighted by Gasteiger charge is -2.40. The predicted molar refractivity (Wildman–Crippen MR) is 630 cm³/mol. The normalized spacial score (nSPS) is 29.6. The average Bonchev–Trinajstić information content (AvgIpc) is 1.59. The van der Waals surface area contributed by atoms with Crippen molar-refractivity contribution in [2.45, 2.75) is 753 Å². The van der Waals surface area contributed by atoms with Gasteiger partial charge in [-0.3, -0.25) is 0 Å². The highest BCUT2D eigenvalue weighted by molar-refractivity contribution is 5.04. The Morgan fingerprint density at radius 1 is 0.176 bits per heavy atom. The number of ether oxygens (including phenoxy) is 10. The third-order valence-electron chi connectivity index (χ3n) is 41.3. The topological polar surface area (TPSA) is 92.3 Å². The molecule has 18 aliphatic carbocycles. The first-order valence-corrected chi connectivity index (χ1v) is 68.6. The second-order valence-electron chi connectivity index (χ2n) is 55.9. The standard InChI is InChI=1S/C19H32O.C18H32O.C18H34O.C17H32O.C15H28O.C14H26O2.C13H26O.C12H22O.C12H24O/c1-13(10-14-6-3-2-4-7-14)20-19-12-15-11-18(19)17-9-5-8-16(15)17;1-14(12-15-6-2-3-7-15)19-18-11-10-16-8-4-5-9-17(16)13-18;1-16(15-18-11-5-2-3-6-12-18)19-14-13-17-9-7-4-8-10-17;1-15(14-17-10-6-3-7-11-17)18-13-12-16-8-4-2-5-9-16;1-13(12-14-8-4-2-5-9-14)16-15-10-6-3-7-11-15;1-12(11-13-5-3-2-4-6-13)16-14-7-9-15-10-8-14;1-11(2)14-12(3)10-13-8-6-4-5-7-9-13;1-10(9-11-7-8-11)13-12-5-3-2-4-6-12;1-10(2)13-11(3)9-12-7-5-4-6-8-12/h13-19H,2-12H2,1H3;14-18H,2-13H2,1H3;16-18H,2-15H2,1H3;15-17H,2-14H2,1H3;13-15H,2-12H2,1H3;12-14H,2-11H2,1H3;11-13H,4-10H2,1-3H3;10-12H,2-9H2,1H3;10-12H,4-9H2,1-3H3. The molecule has 19 rings (SSSR count). The first kappa shape index (κ1) is 128. The van der Waals surface area contributed by atoms with E-state index in [1.165, 1.54) is 552 Å². The fourth-order valence-corrected chi connectivity index (χ4v) is 33.4. The van der Waals surface area contributed by atoms with E-state index in [0.717, 1.165) is 140 Å². The summed E-state index contributed by atoms with van der Waals surface area (Å²) in [6.45, 7) is 32.8. The van der Waals surface area contributed by atoms with Crippen molar-refractivity contribution in [1.29, 1.82) is 0 Å². The van der Waals surface area contributed by atoms with Gasteiger partial charge in [0.1, 0.15) is 0 Å². The quantitative estimate of drug-likeness (QED) is 0.0552. The van der Waals surface area contributed by atoms with Gasteiger partial charge in [0.15, 0.2) is 0 Å². The molecule has 0 radical (unpaired) electrons. The number of rotatable bonds is 40. The van der Waals surface area contributed by atoms with E-state index >= 15 is 0 Å². The predicted octanol–water partition coefficient (Wildman–Crippen LogP) is 41.3. The molecule has 2 bridgehead atoms. The molecule has 0 aromatic carbocycles. The largest absolute Gasteiger partial charge is 0.381 e. The molecule has 1 aliphatic heterocycles. The van der Waals surface area contributed by atoms with Gasteiger partial charge in [-0.2, -0.15) is 0 Å². The maximum Gasteiger partial charge on any atom is 0.0622 e. The van der Waals surface area contributed by atoms with Crippen LogP contribution in [0.2, 0.25) is 0 Å². The molecule has 17 unspecified atom stereocenters. The Hall–Kier alpha value is -0.400. The number of fused-ring (bicyclic) bond motifs is 6. The van der Waals surface area contributed by atoms with Crippen LogP contribution in [0.25, 0.3) is 0 Å². The zero-order valence-corrected chi connectivity index (χ0v) is 101. The minimum absolute atomic E-state index is 0.385. The van der Waals surface area contributed by atoms with Crippen LogP contribution in [0.5, 0.6) is 0 Å². The van der Waals surface area contributed by atoms with Gasteiger partial charge < -0.3 is 47.4 Å². The SMILES string of the molecule is CC(C)OC(C)CC1CCCCC1.CC(C)OC(C)CC1CCCCCC1.CC(CC1CC1)OC1CCCCC1.CC(CC1CCCC1)OC1CCC2CCCCC2C1.CC(CC1CCCCC1)OC1CC2CC1C1CCCC21.CC(CC1CCCCC1)OC1CCCCC1.CC(CC1CCCCC1)OC1CCOCC1.CC(CC1CCCCC1)OCCC1CCCCC1.CC(CC1CCCCCC1)OCCC1CCCCC1. The fraction of sp³-hybridized carbons (Fsp3) is 1.00. The van der Waals surface area contributed by atoms with E-state index in [4.69, 9.17) is 47.4 Å². The lowest BCUT2D eigenvalue weighted by molar-refractivity contribution is -0.0694. The lowest BCUT2D eigenvalue weighted by Crippen LogP contribution is -2.33. The zero-order valence-electron chi connectivity index (χ0n) is 101. The van der Waals surface area contributed by atoms with Gasteiger partial charge in [-0.25, -0.2) is 0 Å². The molecule has 1 saturated heterocycles. The molecule has 0 amide bonds. The summed E-state index contributed by atoms with van der Waals surface area (Å²) in [5.41, 5.74) is 0. The van der Waals surface area contributed by atoms with Gasteiger partial charge in [-0.05, 0) is 345 Å². The van der Waals surface area contributed by atoms with E-state index < -0.39 is 0 Å². The molecule has 19 fully saturated rings. The van der Waals surface area contributed by atoms with Gasteiger partial charge >= 0.3 is 0 Å². The van der Waals surface area contributed by atoms with Crippen LogP contribution in [0.1, 0.15) is 655 Å². The van der Waals surface area contributed by atoms with Crippen molar-refractivity contribution in [3.05, 3.63) is 0 Å². The van der Waals surface area contributed by atoms with E-state index in [2.05, 4.69) is 90.0 Å². The van der Waals surface area contributed by atoms with Gasteiger partial charge in [0.25, 0.3) is 0 Å². The van der Waals surface area contributed by atoms with Crippen LogP contribution in [-0.4, -0.2) is 124 Å². The summed E-state index contributed by atoms with van der Waals surface area (Å²) in [5.74, 6) is 16.8. The van der Waals surface area contributed by atoms with Crippen LogP contribution in [0.4, 0.5) is 0 Å². The number of hydrogen-bond donors (Lipinski definition) is 0. The Morgan fingerprint density at radius 2 is 0.432 bits per heavy atom. The van der Waals surface area contributed by atoms with E-state index in [-0.39, 0.29) is 0 Å².